The van der Waals surface area contributed by atoms with E-state index in [1.165, 1.54) is 4.90 Å². The zero-order valence-electron chi connectivity index (χ0n) is 10.9. The molecule has 6 heteroatoms. The van der Waals surface area contributed by atoms with Crippen molar-refractivity contribution >= 4 is 17.7 Å². The first-order chi connectivity index (χ1) is 8.40. The van der Waals surface area contributed by atoms with Crippen LogP contribution in [0.5, 0.6) is 0 Å². The summed E-state index contributed by atoms with van der Waals surface area (Å²) in [5, 5.41) is 2.17. The molecule has 1 aliphatic rings. The average Bonchev–Trinajstić information content (AvgIpc) is 2.26. The van der Waals surface area contributed by atoms with E-state index >= 15 is 0 Å². The molecular formula is C12H21N3O3. The standard InChI is InChI=1S/C12H21N3O3/c1-8(4-3-5-9(2)13)12(18)15-6-10(16)14-11(17)7-15/h8-9H,3-7,13H2,1-2H3,(H,14,16,17). The molecule has 2 atom stereocenters. The van der Waals surface area contributed by atoms with Crippen molar-refractivity contribution in [3.05, 3.63) is 0 Å². The van der Waals surface area contributed by atoms with E-state index < -0.39 is 11.8 Å². The van der Waals surface area contributed by atoms with Crippen LogP contribution in [-0.2, 0) is 14.4 Å². The molecule has 1 rings (SSSR count). The predicted octanol–water partition coefficient (Wildman–Crippen LogP) is -0.375. The van der Waals surface area contributed by atoms with Gasteiger partial charge in [-0.05, 0) is 19.8 Å². The van der Waals surface area contributed by atoms with Gasteiger partial charge in [-0.15, -0.1) is 0 Å². The monoisotopic (exact) mass is 255 g/mol. The molecular weight excluding hydrogens is 234 g/mol. The summed E-state index contributed by atoms with van der Waals surface area (Å²) in [5.74, 6) is -1.14. The highest BCUT2D eigenvalue weighted by molar-refractivity contribution is 6.02. The van der Waals surface area contributed by atoms with Crippen LogP contribution in [0.25, 0.3) is 0 Å². The van der Waals surface area contributed by atoms with Crippen molar-refractivity contribution in [2.75, 3.05) is 13.1 Å². The molecule has 0 bridgehead atoms. The number of piperazine rings is 1. The summed E-state index contributed by atoms with van der Waals surface area (Å²) in [6.07, 6.45) is 2.47. The van der Waals surface area contributed by atoms with Crippen LogP contribution in [0, 0.1) is 5.92 Å². The summed E-state index contributed by atoms with van der Waals surface area (Å²) in [7, 11) is 0. The van der Waals surface area contributed by atoms with Crippen LogP contribution in [0.2, 0.25) is 0 Å². The zero-order valence-corrected chi connectivity index (χ0v) is 10.9. The Labute approximate surface area is 107 Å². The van der Waals surface area contributed by atoms with Crippen molar-refractivity contribution in [2.45, 2.75) is 39.2 Å². The Kier molecular flexibility index (Phi) is 5.27. The fourth-order valence-corrected chi connectivity index (χ4v) is 1.97. The van der Waals surface area contributed by atoms with Crippen LogP contribution in [0.4, 0.5) is 0 Å². The summed E-state index contributed by atoms with van der Waals surface area (Å²) in [6, 6.07) is 0.134. The Bertz CT molecular complexity index is 325. The van der Waals surface area contributed by atoms with Gasteiger partial charge < -0.3 is 10.6 Å². The molecule has 1 aliphatic heterocycles. The third kappa shape index (κ3) is 4.44. The molecule has 0 aliphatic carbocycles. The number of nitrogens with zero attached hydrogens (tertiary/aromatic N) is 1. The Morgan fingerprint density at radius 3 is 2.33 bits per heavy atom. The van der Waals surface area contributed by atoms with E-state index in [2.05, 4.69) is 5.32 Å². The third-order valence-electron chi connectivity index (χ3n) is 2.98. The van der Waals surface area contributed by atoms with E-state index in [0.29, 0.717) is 0 Å². The maximum atomic E-state index is 12.0. The molecule has 3 N–H and O–H groups in total. The first kappa shape index (κ1) is 14.6. The van der Waals surface area contributed by atoms with Crippen LogP contribution >= 0.6 is 0 Å². The summed E-state index contributed by atoms with van der Waals surface area (Å²) in [6.45, 7) is 3.70. The number of nitrogens with two attached hydrogens (primary N) is 1. The van der Waals surface area contributed by atoms with Gasteiger partial charge in [-0.3, -0.25) is 19.7 Å². The third-order valence-corrected chi connectivity index (χ3v) is 2.98. The summed E-state index contributed by atoms with van der Waals surface area (Å²) >= 11 is 0. The molecule has 0 aromatic heterocycles. The van der Waals surface area contributed by atoms with Crippen LogP contribution < -0.4 is 11.1 Å². The Morgan fingerprint density at radius 1 is 1.28 bits per heavy atom. The molecule has 0 spiro atoms. The molecule has 102 valence electrons. The van der Waals surface area contributed by atoms with Gasteiger partial charge >= 0.3 is 0 Å². The summed E-state index contributed by atoms with van der Waals surface area (Å²) < 4.78 is 0. The van der Waals surface area contributed by atoms with Gasteiger partial charge in [0.25, 0.3) is 0 Å². The van der Waals surface area contributed by atoms with Gasteiger partial charge in [0.2, 0.25) is 17.7 Å². The minimum Gasteiger partial charge on any atom is -0.328 e. The van der Waals surface area contributed by atoms with Crippen molar-refractivity contribution < 1.29 is 14.4 Å². The number of nitrogens with one attached hydrogen (secondary N) is 1. The summed E-state index contributed by atoms with van der Waals surface area (Å²) in [4.78, 5) is 35.7. The highest BCUT2D eigenvalue weighted by Gasteiger charge is 2.28. The lowest BCUT2D eigenvalue weighted by atomic mass is 10.0. The largest absolute Gasteiger partial charge is 0.328 e. The van der Waals surface area contributed by atoms with E-state index in [4.69, 9.17) is 5.73 Å². The van der Waals surface area contributed by atoms with Crippen molar-refractivity contribution in [3.8, 4) is 0 Å². The van der Waals surface area contributed by atoms with E-state index in [0.717, 1.165) is 19.3 Å². The quantitative estimate of drug-likeness (QED) is 0.655. The Morgan fingerprint density at radius 2 is 1.83 bits per heavy atom. The first-order valence-corrected chi connectivity index (χ1v) is 6.27. The molecule has 0 aromatic carbocycles. The molecule has 1 fully saturated rings. The topological polar surface area (TPSA) is 92.5 Å². The van der Waals surface area contributed by atoms with Crippen LogP contribution in [0.1, 0.15) is 33.1 Å². The normalized spacial score (nSPS) is 19.4. The number of hydrogen-bond acceptors (Lipinski definition) is 4. The maximum absolute atomic E-state index is 12.0. The second-order valence-electron chi connectivity index (χ2n) is 4.97. The van der Waals surface area contributed by atoms with Gasteiger partial charge in [-0.25, -0.2) is 0 Å². The van der Waals surface area contributed by atoms with Crippen LogP contribution in [0.15, 0.2) is 0 Å². The van der Waals surface area contributed by atoms with Gasteiger partial charge in [0.1, 0.15) is 13.1 Å². The van der Waals surface area contributed by atoms with Gasteiger partial charge in [-0.1, -0.05) is 13.3 Å². The average molecular weight is 255 g/mol. The number of carbonyl (C=O) groups excluding carboxylic acids is 3. The molecule has 0 saturated carbocycles. The number of hydrogen-bond donors (Lipinski definition) is 2. The number of imide groups is 1. The molecule has 18 heavy (non-hydrogen) atoms. The molecule has 3 amide bonds. The number of amides is 3. The predicted molar refractivity (Wildman–Crippen MR) is 66.4 cm³/mol. The van der Waals surface area contributed by atoms with Crippen molar-refractivity contribution in [2.24, 2.45) is 11.7 Å². The lowest BCUT2D eigenvalue weighted by molar-refractivity contribution is -0.147. The minimum absolute atomic E-state index is 0.0256. The van der Waals surface area contributed by atoms with Gasteiger partial charge in [0.15, 0.2) is 0 Å². The maximum Gasteiger partial charge on any atom is 0.246 e. The number of rotatable bonds is 5. The molecule has 1 saturated heterocycles. The highest BCUT2D eigenvalue weighted by atomic mass is 16.2. The summed E-state index contributed by atoms with van der Waals surface area (Å²) in [5.41, 5.74) is 5.64. The van der Waals surface area contributed by atoms with E-state index in [1.54, 1.807) is 0 Å². The number of carbonyl (C=O) groups is 3. The fraction of sp³-hybridized carbons (Fsp3) is 0.750. The van der Waals surface area contributed by atoms with Gasteiger partial charge in [0, 0.05) is 12.0 Å². The highest BCUT2D eigenvalue weighted by Crippen LogP contribution is 2.13. The zero-order chi connectivity index (χ0) is 13.7. The SMILES string of the molecule is CC(N)CCCC(C)C(=O)N1CC(=O)NC(=O)C1. The van der Waals surface area contributed by atoms with E-state index in [9.17, 15) is 14.4 Å². The second-order valence-corrected chi connectivity index (χ2v) is 4.97. The lowest BCUT2D eigenvalue weighted by Crippen LogP contribution is -2.54. The first-order valence-electron chi connectivity index (χ1n) is 6.27. The lowest BCUT2D eigenvalue weighted by Gasteiger charge is -2.28. The fourth-order valence-electron chi connectivity index (χ4n) is 1.97. The van der Waals surface area contributed by atoms with Gasteiger partial charge in [-0.2, -0.15) is 0 Å². The van der Waals surface area contributed by atoms with Crippen molar-refractivity contribution in [1.29, 1.82) is 0 Å². The Balaban J connectivity index is 2.42. The van der Waals surface area contributed by atoms with E-state index in [1.807, 2.05) is 13.8 Å². The molecule has 2 unspecified atom stereocenters. The molecule has 0 radical (unpaired) electrons. The molecule has 1 heterocycles. The van der Waals surface area contributed by atoms with Crippen molar-refractivity contribution in [1.82, 2.24) is 10.2 Å². The molecule has 6 nitrogen and oxygen atoms in total. The van der Waals surface area contributed by atoms with Crippen LogP contribution in [-0.4, -0.2) is 41.8 Å². The van der Waals surface area contributed by atoms with Crippen molar-refractivity contribution in [3.63, 3.8) is 0 Å². The second kappa shape index (κ2) is 6.49. The molecule has 0 aromatic rings. The smallest absolute Gasteiger partial charge is 0.246 e. The van der Waals surface area contributed by atoms with Gasteiger partial charge in [0.05, 0.1) is 0 Å². The minimum atomic E-state index is -0.414. The Hall–Kier alpha value is -1.43. The van der Waals surface area contributed by atoms with E-state index in [-0.39, 0.29) is 31.0 Å². The van der Waals surface area contributed by atoms with Crippen LogP contribution in [0.3, 0.4) is 0 Å².